The second-order valence-corrected chi connectivity index (χ2v) is 4.43. The lowest BCUT2D eigenvalue weighted by molar-refractivity contribution is 0.421. The summed E-state index contributed by atoms with van der Waals surface area (Å²) in [5, 5.41) is 4.10. The molecule has 0 amide bonds. The van der Waals surface area contributed by atoms with E-state index in [0.29, 0.717) is 11.8 Å². The van der Waals surface area contributed by atoms with Crippen molar-refractivity contribution in [1.29, 1.82) is 0 Å². The van der Waals surface area contributed by atoms with Gasteiger partial charge in [0.25, 0.3) is 0 Å². The monoisotopic (exact) mass is 230 g/mol. The fourth-order valence-electron chi connectivity index (χ4n) is 1.97. The number of nitrogen functional groups attached to an aromatic ring is 1. The first-order chi connectivity index (χ1) is 8.15. The zero-order valence-electron chi connectivity index (χ0n) is 10.5. The second kappa shape index (κ2) is 4.62. The van der Waals surface area contributed by atoms with Crippen LogP contribution in [-0.4, -0.2) is 5.16 Å². The van der Waals surface area contributed by atoms with Crippen molar-refractivity contribution in [2.75, 3.05) is 5.73 Å². The molecule has 17 heavy (non-hydrogen) atoms. The zero-order chi connectivity index (χ0) is 12.4. The molecular weight excluding hydrogens is 212 g/mol. The minimum absolute atomic E-state index is 0.352. The summed E-state index contributed by atoms with van der Waals surface area (Å²) < 4.78 is 5.16. The van der Waals surface area contributed by atoms with Gasteiger partial charge in [0, 0.05) is 5.92 Å². The predicted octanol–water partition coefficient (Wildman–Crippen LogP) is 3.75. The maximum atomic E-state index is 5.91. The molecule has 1 unspecified atom stereocenters. The van der Waals surface area contributed by atoms with Crippen LogP contribution in [0.25, 0.3) is 11.1 Å². The molecular formula is C14H18N2O. The molecule has 90 valence electrons. The van der Waals surface area contributed by atoms with E-state index in [4.69, 9.17) is 10.3 Å². The Morgan fingerprint density at radius 2 is 2.06 bits per heavy atom. The average molecular weight is 230 g/mol. The lowest BCUT2D eigenvalue weighted by Gasteiger charge is -2.09. The van der Waals surface area contributed by atoms with Crippen molar-refractivity contribution in [3.8, 4) is 11.1 Å². The van der Waals surface area contributed by atoms with E-state index in [1.165, 1.54) is 5.56 Å². The average Bonchev–Trinajstić information content (AvgIpc) is 2.71. The molecule has 0 bridgehead atoms. The summed E-state index contributed by atoms with van der Waals surface area (Å²) in [4.78, 5) is 0. The van der Waals surface area contributed by atoms with Crippen LogP contribution in [0.3, 0.4) is 0 Å². The highest BCUT2D eigenvalue weighted by Gasteiger charge is 2.20. The fourth-order valence-corrected chi connectivity index (χ4v) is 1.97. The summed E-state index contributed by atoms with van der Waals surface area (Å²) in [5.41, 5.74) is 10.1. The minimum Gasteiger partial charge on any atom is -0.367 e. The van der Waals surface area contributed by atoms with Crippen LogP contribution in [0, 0.1) is 6.92 Å². The van der Waals surface area contributed by atoms with Crippen molar-refractivity contribution in [1.82, 2.24) is 5.16 Å². The Morgan fingerprint density at radius 1 is 1.35 bits per heavy atom. The van der Waals surface area contributed by atoms with Gasteiger partial charge in [0.1, 0.15) is 0 Å². The van der Waals surface area contributed by atoms with E-state index < -0.39 is 0 Å². The van der Waals surface area contributed by atoms with Crippen molar-refractivity contribution in [3.05, 3.63) is 35.5 Å². The summed E-state index contributed by atoms with van der Waals surface area (Å²) in [6, 6.07) is 8.16. The van der Waals surface area contributed by atoms with Crippen molar-refractivity contribution in [3.63, 3.8) is 0 Å². The normalized spacial score (nSPS) is 12.6. The van der Waals surface area contributed by atoms with Crippen LogP contribution in [-0.2, 0) is 0 Å². The fraction of sp³-hybridized carbons (Fsp3) is 0.357. The minimum atomic E-state index is 0.352. The first-order valence-corrected chi connectivity index (χ1v) is 5.96. The number of aromatic nitrogens is 1. The number of nitrogens with two attached hydrogens (primary N) is 1. The van der Waals surface area contributed by atoms with Gasteiger partial charge in [-0.05, 0) is 24.5 Å². The number of rotatable bonds is 3. The van der Waals surface area contributed by atoms with Gasteiger partial charge in [-0.2, -0.15) is 0 Å². The zero-order valence-corrected chi connectivity index (χ0v) is 10.5. The lowest BCUT2D eigenvalue weighted by atomic mass is 9.94. The van der Waals surface area contributed by atoms with Crippen LogP contribution < -0.4 is 5.73 Å². The predicted molar refractivity (Wildman–Crippen MR) is 69.8 cm³/mol. The molecule has 0 aliphatic rings. The topological polar surface area (TPSA) is 52.0 Å². The molecule has 1 heterocycles. The van der Waals surface area contributed by atoms with Crippen LogP contribution in [0.4, 0.5) is 5.88 Å². The highest BCUT2D eigenvalue weighted by Crippen LogP contribution is 2.36. The van der Waals surface area contributed by atoms with Gasteiger partial charge in [0.15, 0.2) is 0 Å². The van der Waals surface area contributed by atoms with Crippen molar-refractivity contribution in [2.45, 2.75) is 33.1 Å². The third-order valence-electron chi connectivity index (χ3n) is 3.24. The Labute approximate surface area is 102 Å². The maximum absolute atomic E-state index is 5.91. The first-order valence-electron chi connectivity index (χ1n) is 5.96. The SMILES string of the molecule is CCC(C)c1noc(N)c1-c1ccccc1C. The van der Waals surface area contributed by atoms with Crippen molar-refractivity contribution < 1.29 is 4.52 Å². The number of anilines is 1. The Kier molecular flexibility index (Phi) is 3.18. The van der Waals surface area contributed by atoms with Crippen molar-refractivity contribution in [2.24, 2.45) is 0 Å². The molecule has 1 aromatic carbocycles. The Bertz CT molecular complexity index is 517. The van der Waals surface area contributed by atoms with Gasteiger partial charge in [-0.25, -0.2) is 0 Å². The molecule has 0 aliphatic heterocycles. The van der Waals surface area contributed by atoms with Crippen LogP contribution in [0.15, 0.2) is 28.8 Å². The van der Waals surface area contributed by atoms with Crippen LogP contribution >= 0.6 is 0 Å². The smallest absolute Gasteiger partial charge is 0.230 e. The number of hydrogen-bond donors (Lipinski definition) is 1. The second-order valence-electron chi connectivity index (χ2n) is 4.43. The molecule has 1 aromatic heterocycles. The quantitative estimate of drug-likeness (QED) is 0.873. The summed E-state index contributed by atoms with van der Waals surface area (Å²) in [7, 11) is 0. The van der Waals surface area contributed by atoms with Gasteiger partial charge < -0.3 is 10.3 Å². The molecule has 0 radical (unpaired) electrons. The summed E-state index contributed by atoms with van der Waals surface area (Å²) in [6.45, 7) is 6.35. The summed E-state index contributed by atoms with van der Waals surface area (Å²) in [6.07, 6.45) is 1.02. The number of nitrogens with zero attached hydrogens (tertiary/aromatic N) is 1. The molecule has 3 nitrogen and oxygen atoms in total. The maximum Gasteiger partial charge on any atom is 0.230 e. The van der Waals surface area contributed by atoms with E-state index in [-0.39, 0.29) is 0 Å². The first kappa shape index (κ1) is 11.7. The van der Waals surface area contributed by atoms with Crippen LogP contribution in [0.2, 0.25) is 0 Å². The highest BCUT2D eigenvalue weighted by atomic mass is 16.5. The molecule has 0 fully saturated rings. The van der Waals surface area contributed by atoms with E-state index in [1.54, 1.807) is 0 Å². The van der Waals surface area contributed by atoms with Gasteiger partial charge >= 0.3 is 0 Å². The number of aryl methyl sites for hydroxylation is 1. The lowest BCUT2D eigenvalue weighted by Crippen LogP contribution is -1.96. The van der Waals surface area contributed by atoms with E-state index in [9.17, 15) is 0 Å². The molecule has 0 saturated carbocycles. The van der Waals surface area contributed by atoms with Crippen molar-refractivity contribution >= 4 is 5.88 Å². The molecule has 3 heteroatoms. The highest BCUT2D eigenvalue weighted by molar-refractivity contribution is 5.77. The molecule has 1 atom stereocenters. The van der Waals surface area contributed by atoms with Gasteiger partial charge in [-0.15, -0.1) is 0 Å². The third kappa shape index (κ3) is 2.05. The van der Waals surface area contributed by atoms with Crippen LogP contribution in [0.1, 0.15) is 37.4 Å². The van der Waals surface area contributed by atoms with Crippen LogP contribution in [0.5, 0.6) is 0 Å². The number of hydrogen-bond acceptors (Lipinski definition) is 3. The Balaban J connectivity index is 2.59. The molecule has 2 N–H and O–H groups in total. The molecule has 2 aromatic rings. The molecule has 0 aliphatic carbocycles. The summed E-state index contributed by atoms with van der Waals surface area (Å²) in [5.74, 6) is 0.764. The van der Waals surface area contributed by atoms with E-state index in [0.717, 1.165) is 23.2 Å². The molecule has 0 spiro atoms. The standard InChI is InChI=1S/C14H18N2O/c1-4-9(2)13-12(14(15)17-16-13)11-8-6-5-7-10(11)3/h5-9H,4,15H2,1-3H3. The van der Waals surface area contributed by atoms with Gasteiger partial charge in [0.05, 0.1) is 11.3 Å². The molecule has 2 rings (SSSR count). The van der Waals surface area contributed by atoms with Gasteiger partial charge in [0.2, 0.25) is 5.88 Å². The van der Waals surface area contributed by atoms with E-state index in [2.05, 4.69) is 38.1 Å². The summed E-state index contributed by atoms with van der Waals surface area (Å²) >= 11 is 0. The van der Waals surface area contributed by atoms with Gasteiger partial charge in [-0.3, -0.25) is 0 Å². The Hall–Kier alpha value is -1.77. The van der Waals surface area contributed by atoms with E-state index in [1.807, 2.05) is 12.1 Å². The largest absolute Gasteiger partial charge is 0.367 e. The Morgan fingerprint density at radius 3 is 2.71 bits per heavy atom. The van der Waals surface area contributed by atoms with E-state index >= 15 is 0 Å². The third-order valence-corrected chi connectivity index (χ3v) is 3.24. The number of benzene rings is 1. The molecule has 0 saturated heterocycles. The van der Waals surface area contributed by atoms with Gasteiger partial charge in [-0.1, -0.05) is 43.3 Å².